The van der Waals surface area contributed by atoms with E-state index in [0.29, 0.717) is 17.0 Å². The minimum absolute atomic E-state index is 0.172. The van der Waals surface area contributed by atoms with Crippen molar-refractivity contribution in [1.29, 1.82) is 0 Å². The van der Waals surface area contributed by atoms with Crippen molar-refractivity contribution in [3.63, 3.8) is 0 Å². The first-order valence-corrected chi connectivity index (χ1v) is 8.84. The highest BCUT2D eigenvalue weighted by Gasteiger charge is 2.34. The SMILES string of the molecule is O=C(Nc1ccccc1Cc1nc(-c2ccco2)no1)c1ccccc1C(F)(F)F. The van der Waals surface area contributed by atoms with Gasteiger partial charge in [0.15, 0.2) is 5.76 Å². The first-order chi connectivity index (χ1) is 14.4. The largest absolute Gasteiger partial charge is 0.461 e. The van der Waals surface area contributed by atoms with Crippen molar-refractivity contribution in [2.45, 2.75) is 12.6 Å². The number of hydrogen-bond acceptors (Lipinski definition) is 5. The molecular weight excluding hydrogens is 399 g/mol. The molecule has 152 valence electrons. The van der Waals surface area contributed by atoms with Crippen molar-refractivity contribution in [3.8, 4) is 11.6 Å². The van der Waals surface area contributed by atoms with E-state index in [1.807, 2.05) is 0 Å². The Morgan fingerprint density at radius 3 is 2.53 bits per heavy atom. The topological polar surface area (TPSA) is 81.2 Å². The number of halogens is 3. The molecule has 4 rings (SSSR count). The van der Waals surface area contributed by atoms with Crippen LogP contribution < -0.4 is 5.32 Å². The summed E-state index contributed by atoms with van der Waals surface area (Å²) in [6.45, 7) is 0. The Morgan fingerprint density at radius 1 is 1.00 bits per heavy atom. The molecule has 2 heterocycles. The molecule has 9 heteroatoms. The Morgan fingerprint density at radius 2 is 1.77 bits per heavy atom. The van der Waals surface area contributed by atoms with Gasteiger partial charge < -0.3 is 14.3 Å². The van der Waals surface area contributed by atoms with E-state index in [4.69, 9.17) is 8.94 Å². The van der Waals surface area contributed by atoms with Crippen LogP contribution in [0, 0.1) is 0 Å². The van der Waals surface area contributed by atoms with Crippen LogP contribution in [0.4, 0.5) is 18.9 Å². The molecule has 0 radical (unpaired) electrons. The monoisotopic (exact) mass is 413 g/mol. The Hall–Kier alpha value is -3.88. The van der Waals surface area contributed by atoms with Gasteiger partial charge in [0.05, 0.1) is 23.8 Å². The van der Waals surface area contributed by atoms with Gasteiger partial charge in [0.2, 0.25) is 11.7 Å². The van der Waals surface area contributed by atoms with Gasteiger partial charge in [-0.25, -0.2) is 0 Å². The maximum absolute atomic E-state index is 13.2. The molecule has 2 aromatic heterocycles. The van der Waals surface area contributed by atoms with E-state index in [2.05, 4.69) is 15.5 Å². The maximum atomic E-state index is 13.2. The number of nitrogens with zero attached hydrogens (tertiary/aromatic N) is 2. The fraction of sp³-hybridized carbons (Fsp3) is 0.0952. The van der Waals surface area contributed by atoms with Crippen LogP contribution in [-0.4, -0.2) is 16.0 Å². The first kappa shape index (κ1) is 19.4. The van der Waals surface area contributed by atoms with Gasteiger partial charge in [-0.05, 0) is 35.9 Å². The van der Waals surface area contributed by atoms with Crippen molar-refractivity contribution >= 4 is 11.6 Å². The summed E-state index contributed by atoms with van der Waals surface area (Å²) < 4.78 is 50.1. The molecule has 1 N–H and O–H groups in total. The van der Waals surface area contributed by atoms with Crippen LogP contribution in [-0.2, 0) is 12.6 Å². The van der Waals surface area contributed by atoms with Crippen LogP contribution >= 0.6 is 0 Å². The second-order valence-corrected chi connectivity index (χ2v) is 6.32. The highest BCUT2D eigenvalue weighted by atomic mass is 19.4. The predicted octanol–water partition coefficient (Wildman–Crippen LogP) is 5.19. The zero-order chi connectivity index (χ0) is 21.1. The number of anilines is 1. The molecule has 0 unspecified atom stereocenters. The first-order valence-electron chi connectivity index (χ1n) is 8.84. The predicted molar refractivity (Wildman–Crippen MR) is 101 cm³/mol. The van der Waals surface area contributed by atoms with Crippen molar-refractivity contribution in [2.75, 3.05) is 5.32 Å². The van der Waals surface area contributed by atoms with Crippen molar-refractivity contribution in [3.05, 3.63) is 89.5 Å². The lowest BCUT2D eigenvalue weighted by molar-refractivity contribution is -0.137. The quantitative estimate of drug-likeness (QED) is 0.487. The number of hydrogen-bond donors (Lipinski definition) is 1. The molecule has 0 spiro atoms. The van der Waals surface area contributed by atoms with E-state index in [9.17, 15) is 18.0 Å². The van der Waals surface area contributed by atoms with E-state index in [1.165, 1.54) is 18.4 Å². The third-order valence-electron chi connectivity index (χ3n) is 4.29. The Bertz CT molecular complexity index is 1170. The molecule has 30 heavy (non-hydrogen) atoms. The van der Waals surface area contributed by atoms with Gasteiger partial charge >= 0.3 is 6.18 Å². The molecule has 0 bridgehead atoms. The van der Waals surface area contributed by atoms with Crippen LogP contribution in [0.5, 0.6) is 0 Å². The summed E-state index contributed by atoms with van der Waals surface area (Å²) in [4.78, 5) is 16.8. The summed E-state index contributed by atoms with van der Waals surface area (Å²) in [6, 6.07) is 14.7. The van der Waals surface area contributed by atoms with Crippen LogP contribution in [0.25, 0.3) is 11.6 Å². The minimum atomic E-state index is -4.64. The number of amides is 1. The minimum Gasteiger partial charge on any atom is -0.461 e. The van der Waals surface area contributed by atoms with Crippen LogP contribution in [0.1, 0.15) is 27.4 Å². The van der Waals surface area contributed by atoms with Crippen molar-refractivity contribution in [1.82, 2.24) is 10.1 Å². The second-order valence-electron chi connectivity index (χ2n) is 6.32. The molecule has 1 amide bonds. The molecule has 0 aliphatic rings. The lowest BCUT2D eigenvalue weighted by Gasteiger charge is -2.14. The number of carbonyl (C=O) groups excluding carboxylic acids is 1. The van der Waals surface area contributed by atoms with Crippen LogP contribution in [0.15, 0.2) is 75.9 Å². The van der Waals surface area contributed by atoms with Crippen LogP contribution in [0.2, 0.25) is 0 Å². The summed E-state index contributed by atoms with van der Waals surface area (Å²) in [7, 11) is 0. The average molecular weight is 413 g/mol. The van der Waals surface area contributed by atoms with E-state index in [-0.39, 0.29) is 18.1 Å². The highest BCUT2D eigenvalue weighted by molar-refractivity contribution is 6.05. The highest BCUT2D eigenvalue weighted by Crippen LogP contribution is 2.32. The molecule has 0 aliphatic carbocycles. The van der Waals surface area contributed by atoms with Crippen molar-refractivity contribution in [2.24, 2.45) is 0 Å². The number of furan rings is 1. The zero-order valence-electron chi connectivity index (χ0n) is 15.3. The average Bonchev–Trinajstić information content (AvgIpc) is 3.40. The zero-order valence-corrected chi connectivity index (χ0v) is 15.3. The van der Waals surface area contributed by atoms with E-state index in [0.717, 1.165) is 12.1 Å². The van der Waals surface area contributed by atoms with Gasteiger partial charge in [-0.3, -0.25) is 4.79 Å². The second kappa shape index (κ2) is 7.86. The molecule has 4 aromatic rings. The lowest BCUT2D eigenvalue weighted by Crippen LogP contribution is -2.19. The molecule has 0 aliphatic heterocycles. The maximum Gasteiger partial charge on any atom is 0.417 e. The summed E-state index contributed by atoms with van der Waals surface area (Å²) in [5, 5.41) is 6.39. The molecule has 0 saturated heterocycles. The van der Waals surface area contributed by atoms with Gasteiger partial charge in [0, 0.05) is 5.69 Å². The standard InChI is InChI=1S/C21H14F3N3O3/c22-21(23,24)15-8-3-2-7-14(15)20(28)25-16-9-4-1-6-13(16)12-18-26-19(27-30-18)17-10-5-11-29-17/h1-11H,12H2,(H,25,28). The van der Waals surface area contributed by atoms with Crippen molar-refractivity contribution < 1.29 is 26.9 Å². The number of benzene rings is 2. The smallest absolute Gasteiger partial charge is 0.417 e. The number of rotatable bonds is 5. The number of aromatic nitrogens is 2. The molecule has 0 atom stereocenters. The summed E-state index contributed by atoms with van der Waals surface area (Å²) in [5.41, 5.74) is -0.514. The Balaban J connectivity index is 1.57. The number of para-hydroxylation sites is 1. The normalized spacial score (nSPS) is 11.4. The van der Waals surface area contributed by atoms with E-state index < -0.39 is 23.2 Å². The number of nitrogens with one attached hydrogen (secondary N) is 1. The van der Waals surface area contributed by atoms with Gasteiger partial charge in [0.1, 0.15) is 0 Å². The molecule has 2 aromatic carbocycles. The summed E-state index contributed by atoms with van der Waals surface area (Å²) in [5.74, 6) is 0.113. The molecule has 0 saturated carbocycles. The third-order valence-corrected chi connectivity index (χ3v) is 4.29. The third kappa shape index (κ3) is 4.09. The summed E-state index contributed by atoms with van der Waals surface area (Å²) in [6.07, 6.45) is -2.99. The van der Waals surface area contributed by atoms with E-state index >= 15 is 0 Å². The molecular formula is C21H14F3N3O3. The van der Waals surface area contributed by atoms with E-state index in [1.54, 1.807) is 36.4 Å². The van der Waals surface area contributed by atoms with Gasteiger partial charge in [-0.15, -0.1) is 0 Å². The Kier molecular flexibility index (Phi) is 5.09. The number of carbonyl (C=O) groups is 1. The molecule has 6 nitrogen and oxygen atoms in total. The summed E-state index contributed by atoms with van der Waals surface area (Å²) >= 11 is 0. The number of alkyl halides is 3. The fourth-order valence-corrected chi connectivity index (χ4v) is 2.91. The lowest BCUT2D eigenvalue weighted by atomic mass is 10.1. The van der Waals surface area contributed by atoms with Crippen LogP contribution in [0.3, 0.4) is 0 Å². The fourth-order valence-electron chi connectivity index (χ4n) is 2.91. The van der Waals surface area contributed by atoms with Gasteiger partial charge in [-0.2, -0.15) is 18.2 Å². The Labute approximate surface area is 168 Å². The molecule has 0 fully saturated rings. The van der Waals surface area contributed by atoms with Gasteiger partial charge in [-0.1, -0.05) is 35.5 Å². The van der Waals surface area contributed by atoms with Gasteiger partial charge in [0.25, 0.3) is 5.91 Å².